The molecule has 1 aliphatic carbocycles. The van der Waals surface area contributed by atoms with Gasteiger partial charge in [0.15, 0.2) is 5.13 Å². The van der Waals surface area contributed by atoms with Crippen LogP contribution in [0.25, 0.3) is 0 Å². The summed E-state index contributed by atoms with van der Waals surface area (Å²) in [6, 6.07) is 5.45. The van der Waals surface area contributed by atoms with Crippen molar-refractivity contribution in [1.29, 1.82) is 0 Å². The Morgan fingerprint density at radius 3 is 2.78 bits per heavy atom. The van der Waals surface area contributed by atoms with E-state index in [0.29, 0.717) is 21.1 Å². The summed E-state index contributed by atoms with van der Waals surface area (Å²) >= 11 is 13.5. The van der Waals surface area contributed by atoms with E-state index in [1.807, 2.05) is 6.07 Å². The van der Waals surface area contributed by atoms with Crippen LogP contribution < -0.4 is 5.32 Å². The van der Waals surface area contributed by atoms with E-state index < -0.39 is 0 Å². The number of amides is 1. The predicted molar refractivity (Wildman–Crippen MR) is 95.4 cm³/mol. The van der Waals surface area contributed by atoms with Gasteiger partial charge in [0.1, 0.15) is 6.20 Å². The highest BCUT2D eigenvalue weighted by Crippen LogP contribution is 2.36. The summed E-state index contributed by atoms with van der Waals surface area (Å²) in [5, 5.41) is 6.18. The average molecular weight is 368 g/mol. The van der Waals surface area contributed by atoms with Gasteiger partial charge in [-0.05, 0) is 30.0 Å². The van der Waals surface area contributed by atoms with Crippen molar-refractivity contribution in [2.75, 3.05) is 5.32 Å². The molecule has 1 amide bonds. The first-order valence-corrected chi connectivity index (χ1v) is 9.34. The summed E-state index contributed by atoms with van der Waals surface area (Å²) in [4.78, 5) is 16.8. The molecule has 1 heterocycles. The van der Waals surface area contributed by atoms with Crippen LogP contribution in [0.3, 0.4) is 0 Å². The first-order chi connectivity index (χ1) is 11.1. The predicted octanol–water partition coefficient (Wildman–Crippen LogP) is 5.55. The zero-order valence-corrected chi connectivity index (χ0v) is 14.8. The summed E-state index contributed by atoms with van der Waals surface area (Å²) in [6.45, 7) is 0. The number of anilines is 1. The summed E-state index contributed by atoms with van der Waals surface area (Å²) < 4.78 is 0. The molecule has 3 rings (SSSR count). The molecule has 0 saturated heterocycles. The van der Waals surface area contributed by atoms with Gasteiger partial charge in [0.2, 0.25) is 5.91 Å². The molecule has 0 bridgehead atoms. The van der Waals surface area contributed by atoms with E-state index in [-0.39, 0.29) is 11.8 Å². The Balaban J connectivity index is 1.82. The lowest BCUT2D eigenvalue weighted by molar-refractivity contribution is -0.118. The molecule has 1 N–H and O–H groups in total. The van der Waals surface area contributed by atoms with Crippen molar-refractivity contribution in [1.82, 2.24) is 4.98 Å². The van der Waals surface area contributed by atoms with E-state index in [4.69, 9.17) is 23.2 Å². The molecule has 1 aromatic carbocycles. The second-order valence-corrected chi connectivity index (χ2v) is 7.56. The normalized spacial score (nSPS) is 16.4. The van der Waals surface area contributed by atoms with Crippen LogP contribution in [0.1, 0.15) is 43.6 Å². The van der Waals surface area contributed by atoms with E-state index in [1.165, 1.54) is 37.0 Å². The van der Waals surface area contributed by atoms with Gasteiger partial charge in [0.25, 0.3) is 0 Å². The highest BCUT2D eigenvalue weighted by Gasteiger charge is 2.27. The maximum Gasteiger partial charge on any atom is 0.233 e. The van der Waals surface area contributed by atoms with Crippen LogP contribution in [-0.2, 0) is 4.79 Å². The first-order valence-electron chi connectivity index (χ1n) is 7.71. The summed E-state index contributed by atoms with van der Waals surface area (Å²) in [5.41, 5.74) is 0.907. The number of hydrogen-bond acceptors (Lipinski definition) is 3. The van der Waals surface area contributed by atoms with Crippen LogP contribution in [0.2, 0.25) is 10.0 Å². The van der Waals surface area contributed by atoms with Crippen molar-refractivity contribution in [3.63, 3.8) is 0 Å². The molecule has 1 radical (unpaired) electrons. The molecule has 2 aromatic rings. The van der Waals surface area contributed by atoms with Gasteiger partial charge in [-0.3, -0.25) is 4.79 Å². The smallest absolute Gasteiger partial charge is 0.233 e. The number of aromatic nitrogens is 1. The van der Waals surface area contributed by atoms with Gasteiger partial charge < -0.3 is 5.32 Å². The molecule has 0 spiro atoms. The zero-order valence-electron chi connectivity index (χ0n) is 12.5. The number of benzene rings is 1. The average Bonchev–Trinajstić information content (AvgIpc) is 3.21. The number of halogens is 2. The molecule has 0 aliphatic heterocycles. The Labute approximate surface area is 150 Å². The molecule has 3 nitrogen and oxygen atoms in total. The van der Waals surface area contributed by atoms with Gasteiger partial charge in [-0.2, -0.15) is 0 Å². The lowest BCUT2D eigenvalue weighted by Crippen LogP contribution is -2.23. The van der Waals surface area contributed by atoms with E-state index in [1.54, 1.807) is 17.5 Å². The van der Waals surface area contributed by atoms with Crippen LogP contribution in [0.5, 0.6) is 0 Å². The molecular formula is C17H17Cl2N2OS. The van der Waals surface area contributed by atoms with Gasteiger partial charge >= 0.3 is 0 Å². The van der Waals surface area contributed by atoms with E-state index in [0.717, 1.165) is 12.0 Å². The van der Waals surface area contributed by atoms with Gasteiger partial charge in [0, 0.05) is 5.38 Å². The number of rotatable bonds is 5. The van der Waals surface area contributed by atoms with Crippen molar-refractivity contribution in [3.05, 3.63) is 45.4 Å². The number of carbonyl (C=O) groups is 1. The molecule has 23 heavy (non-hydrogen) atoms. The van der Waals surface area contributed by atoms with Gasteiger partial charge in [-0.25, -0.2) is 4.98 Å². The quantitative estimate of drug-likeness (QED) is 0.752. The Morgan fingerprint density at radius 2 is 2.13 bits per heavy atom. The van der Waals surface area contributed by atoms with Crippen molar-refractivity contribution in [2.24, 2.45) is 5.92 Å². The van der Waals surface area contributed by atoms with Crippen molar-refractivity contribution < 1.29 is 4.79 Å². The largest absolute Gasteiger partial charge is 0.301 e. The van der Waals surface area contributed by atoms with Crippen LogP contribution in [-0.4, -0.2) is 10.9 Å². The lowest BCUT2D eigenvalue weighted by Gasteiger charge is -2.20. The topological polar surface area (TPSA) is 42.0 Å². The van der Waals surface area contributed by atoms with Crippen molar-refractivity contribution >= 4 is 45.6 Å². The summed E-state index contributed by atoms with van der Waals surface area (Å²) in [7, 11) is 0. The third-order valence-electron chi connectivity index (χ3n) is 4.33. The van der Waals surface area contributed by atoms with Crippen molar-refractivity contribution in [2.45, 2.75) is 38.0 Å². The van der Waals surface area contributed by atoms with Crippen LogP contribution in [0.4, 0.5) is 5.13 Å². The molecule has 1 fully saturated rings. The third kappa shape index (κ3) is 4.25. The van der Waals surface area contributed by atoms with Crippen molar-refractivity contribution in [3.8, 4) is 0 Å². The Bertz CT molecular complexity index is 669. The van der Waals surface area contributed by atoms with E-state index in [2.05, 4.69) is 16.5 Å². The zero-order chi connectivity index (χ0) is 16.2. The van der Waals surface area contributed by atoms with Crippen LogP contribution in [0.15, 0.2) is 23.6 Å². The minimum Gasteiger partial charge on any atom is -0.301 e. The van der Waals surface area contributed by atoms with E-state index >= 15 is 0 Å². The number of hydrogen-bond donors (Lipinski definition) is 1. The standard InChI is InChI=1S/C17H17Cl2N2OS/c18-14-6-5-12(10-15(14)19)13(9-11-3-1-2-4-11)16(22)21-17-20-7-8-23-17/h5-6,8,10-11,13H,1-4,9H2,(H,20,21,22). The minimum absolute atomic E-state index is 0.0429. The number of thiazole rings is 1. The molecule has 1 unspecified atom stereocenters. The molecule has 1 aromatic heterocycles. The van der Waals surface area contributed by atoms with E-state index in [9.17, 15) is 4.79 Å². The molecule has 6 heteroatoms. The second kappa shape index (κ2) is 7.65. The summed E-state index contributed by atoms with van der Waals surface area (Å²) in [6.07, 6.45) is 8.44. The molecule has 1 aliphatic rings. The number of nitrogens with zero attached hydrogens (tertiary/aromatic N) is 1. The number of nitrogens with one attached hydrogen (secondary N) is 1. The molecule has 121 valence electrons. The van der Waals surface area contributed by atoms with Gasteiger partial charge in [0.05, 0.1) is 16.0 Å². The maximum atomic E-state index is 12.8. The second-order valence-electron chi connectivity index (χ2n) is 5.88. The number of carbonyl (C=O) groups excluding carboxylic acids is 1. The highest BCUT2D eigenvalue weighted by molar-refractivity contribution is 7.13. The van der Waals surface area contributed by atoms with Crippen LogP contribution in [0, 0.1) is 12.1 Å². The molecule has 1 atom stereocenters. The Kier molecular flexibility index (Phi) is 5.57. The van der Waals surface area contributed by atoms with Gasteiger partial charge in [-0.1, -0.05) is 55.0 Å². The first kappa shape index (κ1) is 16.7. The Morgan fingerprint density at radius 1 is 1.35 bits per heavy atom. The fourth-order valence-electron chi connectivity index (χ4n) is 3.15. The lowest BCUT2D eigenvalue weighted by atomic mass is 9.87. The molecular weight excluding hydrogens is 351 g/mol. The monoisotopic (exact) mass is 367 g/mol. The fourth-order valence-corrected chi connectivity index (χ4v) is 3.93. The fraction of sp³-hybridized carbons (Fsp3) is 0.412. The minimum atomic E-state index is -0.239. The SMILES string of the molecule is O=C(Nc1n[c]cs1)C(CC1CCCC1)c1ccc(Cl)c(Cl)c1. The van der Waals surface area contributed by atoms with Crippen LogP contribution >= 0.6 is 34.5 Å². The maximum absolute atomic E-state index is 12.8. The highest BCUT2D eigenvalue weighted by atomic mass is 35.5. The van der Waals surface area contributed by atoms with Gasteiger partial charge in [-0.15, -0.1) is 11.3 Å². The summed E-state index contributed by atoms with van der Waals surface area (Å²) in [5.74, 6) is 0.304. The Hall–Kier alpha value is -1.10. The molecule has 1 saturated carbocycles. The third-order valence-corrected chi connectivity index (χ3v) is 5.70.